The Balaban J connectivity index is 1.81. The third-order valence-corrected chi connectivity index (χ3v) is 4.84. The Morgan fingerprint density at radius 3 is 2.39 bits per heavy atom. The van der Waals surface area contributed by atoms with Crippen molar-refractivity contribution in [2.45, 2.75) is 58.9 Å². The molecule has 164 valence electrons. The van der Waals surface area contributed by atoms with Crippen molar-refractivity contribution in [2.75, 3.05) is 0 Å². The van der Waals surface area contributed by atoms with Gasteiger partial charge in [0.25, 0.3) is 0 Å². The maximum atomic E-state index is 12.9. The number of nitrogens with zero attached hydrogens (tertiary/aromatic N) is 1. The summed E-state index contributed by atoms with van der Waals surface area (Å²) in [5, 5.41) is 3.76. The second-order valence-electron chi connectivity index (χ2n) is 8.45. The summed E-state index contributed by atoms with van der Waals surface area (Å²) in [6.07, 6.45) is 1.69. The van der Waals surface area contributed by atoms with E-state index in [0.717, 1.165) is 28.6 Å². The normalized spacial score (nSPS) is 12.4. The average Bonchev–Trinajstić information content (AvgIpc) is 3.08. The minimum atomic E-state index is -0.866. The fraction of sp³-hybridized carbons (Fsp3) is 0.360. The van der Waals surface area contributed by atoms with Gasteiger partial charge in [0.15, 0.2) is 0 Å². The lowest BCUT2D eigenvalue weighted by Crippen LogP contribution is -2.45. The molecule has 1 atom stereocenters. The van der Waals surface area contributed by atoms with Gasteiger partial charge in [-0.3, -0.25) is 0 Å². The van der Waals surface area contributed by atoms with Crippen LogP contribution in [-0.2, 0) is 33.8 Å². The molecule has 1 amide bonds. The van der Waals surface area contributed by atoms with Crippen molar-refractivity contribution in [3.05, 3.63) is 71.9 Å². The molecule has 0 fully saturated rings. The molecule has 0 aliphatic heterocycles. The van der Waals surface area contributed by atoms with E-state index in [-0.39, 0.29) is 6.61 Å². The molecule has 0 bridgehead atoms. The summed E-state index contributed by atoms with van der Waals surface area (Å²) >= 11 is 0. The van der Waals surface area contributed by atoms with Crippen molar-refractivity contribution in [3.63, 3.8) is 0 Å². The molecule has 3 aromatic rings. The highest BCUT2D eigenvalue weighted by molar-refractivity contribution is 5.86. The van der Waals surface area contributed by atoms with Crippen LogP contribution in [-0.4, -0.2) is 28.3 Å². The van der Waals surface area contributed by atoms with E-state index in [2.05, 4.69) is 16.8 Å². The number of esters is 1. The minimum absolute atomic E-state index is 0.142. The zero-order valence-corrected chi connectivity index (χ0v) is 18.6. The van der Waals surface area contributed by atoms with Gasteiger partial charge in [0.1, 0.15) is 18.2 Å². The van der Waals surface area contributed by atoms with Crippen LogP contribution in [0, 0.1) is 0 Å². The van der Waals surface area contributed by atoms with Gasteiger partial charge in [0, 0.05) is 30.1 Å². The van der Waals surface area contributed by atoms with Crippen molar-refractivity contribution in [2.24, 2.45) is 0 Å². The molecule has 0 unspecified atom stereocenters. The number of alkyl carbamates (subject to hydrolysis) is 1. The molecule has 0 saturated carbocycles. The zero-order valence-electron chi connectivity index (χ0n) is 18.6. The summed E-state index contributed by atoms with van der Waals surface area (Å²) < 4.78 is 13.0. The summed E-state index contributed by atoms with van der Waals surface area (Å²) in [6.45, 7) is 8.37. The van der Waals surface area contributed by atoms with E-state index in [9.17, 15) is 9.59 Å². The third-order valence-electron chi connectivity index (χ3n) is 4.84. The highest BCUT2D eigenvalue weighted by atomic mass is 16.6. The van der Waals surface area contributed by atoms with Crippen molar-refractivity contribution in [1.82, 2.24) is 9.88 Å². The number of carbonyl (C=O) groups is 2. The van der Waals surface area contributed by atoms with Gasteiger partial charge in [-0.1, -0.05) is 48.5 Å². The first-order valence-electron chi connectivity index (χ1n) is 10.5. The lowest BCUT2D eigenvalue weighted by Gasteiger charge is -2.23. The minimum Gasteiger partial charge on any atom is -0.459 e. The predicted molar refractivity (Wildman–Crippen MR) is 121 cm³/mol. The Morgan fingerprint density at radius 2 is 1.71 bits per heavy atom. The molecule has 0 aliphatic rings. The number of fused-ring (bicyclic) bond motifs is 1. The summed E-state index contributed by atoms with van der Waals surface area (Å²) in [6, 6.07) is 16.6. The number of aromatic nitrogens is 1. The Kier molecular flexibility index (Phi) is 7.00. The first-order chi connectivity index (χ1) is 14.8. The van der Waals surface area contributed by atoms with Gasteiger partial charge in [0.05, 0.1) is 0 Å². The van der Waals surface area contributed by atoms with Crippen molar-refractivity contribution in [3.8, 4) is 0 Å². The summed E-state index contributed by atoms with van der Waals surface area (Å²) in [5.41, 5.74) is 2.28. The third kappa shape index (κ3) is 6.10. The van der Waals surface area contributed by atoms with E-state index in [1.165, 1.54) is 0 Å². The summed E-state index contributed by atoms with van der Waals surface area (Å²) in [5.74, 6) is -0.497. The van der Waals surface area contributed by atoms with E-state index in [1.807, 2.05) is 60.8 Å². The number of ether oxygens (including phenoxy) is 2. The van der Waals surface area contributed by atoms with E-state index in [4.69, 9.17) is 9.47 Å². The fourth-order valence-corrected chi connectivity index (χ4v) is 3.44. The van der Waals surface area contributed by atoms with Crippen LogP contribution >= 0.6 is 0 Å². The number of hydrogen-bond donors (Lipinski definition) is 1. The molecule has 0 aliphatic carbocycles. The Hall–Kier alpha value is -3.28. The van der Waals surface area contributed by atoms with E-state index < -0.39 is 23.7 Å². The molecule has 2 aromatic carbocycles. The maximum Gasteiger partial charge on any atom is 0.408 e. The second-order valence-corrected chi connectivity index (χ2v) is 8.45. The number of hydrogen-bond acceptors (Lipinski definition) is 4. The fourth-order valence-electron chi connectivity index (χ4n) is 3.44. The Labute approximate surface area is 183 Å². The second kappa shape index (κ2) is 9.69. The lowest BCUT2D eigenvalue weighted by atomic mass is 10.1. The molecule has 0 radical (unpaired) electrons. The number of amides is 1. The highest BCUT2D eigenvalue weighted by Crippen LogP contribution is 2.23. The maximum absolute atomic E-state index is 12.9. The van der Waals surface area contributed by atoms with E-state index in [0.29, 0.717) is 6.42 Å². The van der Waals surface area contributed by atoms with Crippen LogP contribution in [0.4, 0.5) is 4.79 Å². The molecule has 0 saturated heterocycles. The van der Waals surface area contributed by atoms with E-state index in [1.54, 1.807) is 20.8 Å². The lowest BCUT2D eigenvalue weighted by molar-refractivity contribution is -0.147. The van der Waals surface area contributed by atoms with Crippen molar-refractivity contribution >= 4 is 23.0 Å². The number of aryl methyl sites for hydroxylation is 1. The molecule has 6 nitrogen and oxygen atoms in total. The van der Waals surface area contributed by atoms with Crippen molar-refractivity contribution in [1.29, 1.82) is 0 Å². The number of rotatable bonds is 7. The molecule has 3 rings (SSSR count). The molecule has 1 N–H and O–H groups in total. The van der Waals surface area contributed by atoms with Gasteiger partial charge in [0.2, 0.25) is 0 Å². The first-order valence-corrected chi connectivity index (χ1v) is 10.5. The van der Waals surface area contributed by atoms with Crippen LogP contribution in [0.1, 0.15) is 38.8 Å². The summed E-state index contributed by atoms with van der Waals surface area (Å²) in [7, 11) is 0. The molecule has 0 spiro atoms. The first kappa shape index (κ1) is 22.4. The molecule has 1 heterocycles. The quantitative estimate of drug-likeness (QED) is 0.553. The Morgan fingerprint density at radius 1 is 1.03 bits per heavy atom. The molecule has 1 aromatic heterocycles. The molecule has 31 heavy (non-hydrogen) atoms. The largest absolute Gasteiger partial charge is 0.459 e. The highest BCUT2D eigenvalue weighted by Gasteiger charge is 2.27. The van der Waals surface area contributed by atoms with Gasteiger partial charge >= 0.3 is 12.1 Å². The monoisotopic (exact) mass is 422 g/mol. The molecular formula is C25H30N2O4. The number of benzene rings is 2. The zero-order chi connectivity index (χ0) is 22.4. The topological polar surface area (TPSA) is 69.6 Å². The van der Waals surface area contributed by atoms with Crippen LogP contribution in [0.2, 0.25) is 0 Å². The van der Waals surface area contributed by atoms with Gasteiger partial charge in [-0.25, -0.2) is 9.59 Å². The van der Waals surface area contributed by atoms with Gasteiger partial charge in [-0.15, -0.1) is 0 Å². The van der Waals surface area contributed by atoms with Gasteiger partial charge < -0.3 is 19.4 Å². The number of nitrogens with one attached hydrogen (secondary N) is 1. The van der Waals surface area contributed by atoms with Crippen LogP contribution in [0.5, 0.6) is 0 Å². The molecular weight excluding hydrogens is 392 g/mol. The van der Waals surface area contributed by atoms with Gasteiger partial charge in [-0.05, 0) is 44.9 Å². The summed E-state index contributed by atoms with van der Waals surface area (Å²) in [4.78, 5) is 25.4. The smallest absolute Gasteiger partial charge is 0.408 e. The van der Waals surface area contributed by atoms with Crippen LogP contribution < -0.4 is 5.32 Å². The van der Waals surface area contributed by atoms with E-state index >= 15 is 0 Å². The van der Waals surface area contributed by atoms with Crippen LogP contribution in [0.25, 0.3) is 10.9 Å². The van der Waals surface area contributed by atoms with Gasteiger partial charge in [-0.2, -0.15) is 0 Å². The molecule has 6 heteroatoms. The predicted octanol–water partition coefficient (Wildman–Crippen LogP) is 4.84. The van der Waals surface area contributed by atoms with Crippen LogP contribution in [0.15, 0.2) is 60.8 Å². The number of carbonyl (C=O) groups excluding carboxylic acids is 2. The average molecular weight is 423 g/mol. The van der Waals surface area contributed by atoms with Crippen molar-refractivity contribution < 1.29 is 19.1 Å². The Bertz CT molecular complexity index is 1030. The standard InChI is InChI=1S/C25H30N2O4/c1-5-27-16-19(20-13-9-10-14-22(20)27)15-21(26-24(29)31-25(2,3)4)23(28)30-17-18-11-7-6-8-12-18/h6-14,16,21H,5,15,17H2,1-4H3,(H,26,29)/t21-/m1/s1. The van der Waals surface area contributed by atoms with Crippen LogP contribution in [0.3, 0.4) is 0 Å². The SMILES string of the molecule is CCn1cc(C[C@@H](NC(=O)OC(C)(C)C)C(=O)OCc2ccccc2)c2ccccc21. The number of para-hydroxylation sites is 1.